The van der Waals surface area contributed by atoms with E-state index in [2.05, 4.69) is 79.9 Å². The number of aryl methyl sites for hydroxylation is 2. The Morgan fingerprint density at radius 1 is 1.28 bits per heavy atom. The summed E-state index contributed by atoms with van der Waals surface area (Å²) in [5.41, 5.74) is 3.46. The molecule has 2 aromatic rings. The predicted molar refractivity (Wildman–Crippen MR) is 119 cm³/mol. The van der Waals surface area contributed by atoms with Crippen LogP contribution in [-0.2, 0) is 13.6 Å². The van der Waals surface area contributed by atoms with Crippen molar-refractivity contribution in [3.8, 4) is 5.75 Å². The van der Waals surface area contributed by atoms with Crippen molar-refractivity contribution in [2.75, 3.05) is 33.8 Å². The fraction of sp³-hybridized carbons (Fsp3) is 0.545. The molecule has 0 aliphatic heterocycles. The lowest BCUT2D eigenvalue weighted by atomic mass is 10.1. The van der Waals surface area contributed by atoms with Gasteiger partial charge in [0.2, 0.25) is 0 Å². The lowest BCUT2D eigenvalue weighted by molar-refractivity contribution is 0.298. The molecule has 0 aliphatic carbocycles. The Kier molecular flexibility index (Phi) is 8.99. The molecule has 1 heterocycles. The Morgan fingerprint density at radius 3 is 2.69 bits per heavy atom. The van der Waals surface area contributed by atoms with Gasteiger partial charge in [-0.15, -0.1) is 0 Å². The molecule has 2 N–H and O–H groups in total. The first-order valence-corrected chi connectivity index (χ1v) is 10.3. The highest BCUT2D eigenvalue weighted by atomic mass is 16.5. The molecule has 1 unspecified atom stereocenters. The molecule has 0 aliphatic rings. The highest BCUT2D eigenvalue weighted by Gasteiger charge is 2.16. The fourth-order valence-electron chi connectivity index (χ4n) is 3.05. The van der Waals surface area contributed by atoms with Gasteiger partial charge in [0.05, 0.1) is 25.4 Å². The van der Waals surface area contributed by atoms with Gasteiger partial charge in [0.15, 0.2) is 5.96 Å². The van der Waals surface area contributed by atoms with Gasteiger partial charge in [-0.05, 0) is 46.0 Å². The van der Waals surface area contributed by atoms with Crippen molar-refractivity contribution < 1.29 is 4.74 Å². The molecular weight excluding hydrogens is 364 g/mol. The van der Waals surface area contributed by atoms with Crippen LogP contribution in [0.1, 0.15) is 43.0 Å². The van der Waals surface area contributed by atoms with Crippen LogP contribution in [0.4, 0.5) is 0 Å². The first-order valence-electron chi connectivity index (χ1n) is 10.3. The number of rotatable bonds is 10. The Morgan fingerprint density at radius 2 is 2.07 bits per heavy atom. The van der Waals surface area contributed by atoms with Crippen LogP contribution in [-0.4, -0.2) is 54.4 Å². The molecule has 1 aromatic carbocycles. The lowest BCUT2D eigenvalue weighted by Gasteiger charge is -2.24. The smallest absolute Gasteiger partial charge is 0.191 e. The molecule has 29 heavy (non-hydrogen) atoms. The van der Waals surface area contributed by atoms with Gasteiger partial charge >= 0.3 is 0 Å². The van der Waals surface area contributed by atoms with Crippen LogP contribution in [0.2, 0.25) is 0 Å². The van der Waals surface area contributed by atoms with E-state index < -0.39 is 0 Å². The number of nitrogens with zero attached hydrogens (tertiary/aromatic N) is 4. The molecule has 0 saturated carbocycles. The summed E-state index contributed by atoms with van der Waals surface area (Å²) in [5.74, 6) is 1.72. The summed E-state index contributed by atoms with van der Waals surface area (Å²) in [6.45, 7) is 9.09. The molecule has 160 valence electrons. The van der Waals surface area contributed by atoms with E-state index in [1.54, 1.807) is 0 Å². The average molecular weight is 401 g/mol. The van der Waals surface area contributed by atoms with Crippen molar-refractivity contribution in [2.24, 2.45) is 12.0 Å². The minimum absolute atomic E-state index is 0.204. The molecule has 0 amide bonds. The van der Waals surface area contributed by atoms with E-state index in [0.717, 1.165) is 36.8 Å². The fourth-order valence-corrected chi connectivity index (χ4v) is 3.05. The molecule has 1 aromatic heterocycles. The van der Waals surface area contributed by atoms with Gasteiger partial charge < -0.3 is 20.3 Å². The summed E-state index contributed by atoms with van der Waals surface area (Å²) >= 11 is 0. The highest BCUT2D eigenvalue weighted by Crippen LogP contribution is 2.21. The molecule has 0 radical (unpaired) electrons. The molecule has 7 nitrogen and oxygen atoms in total. The predicted octanol–water partition coefficient (Wildman–Crippen LogP) is 2.88. The number of guanidine groups is 1. The van der Waals surface area contributed by atoms with Crippen molar-refractivity contribution in [1.29, 1.82) is 0 Å². The van der Waals surface area contributed by atoms with Crippen LogP contribution in [0.15, 0.2) is 35.6 Å². The lowest BCUT2D eigenvalue weighted by Crippen LogP contribution is -2.41. The molecule has 2 rings (SSSR count). The second kappa shape index (κ2) is 11.5. The van der Waals surface area contributed by atoms with Crippen molar-refractivity contribution in [1.82, 2.24) is 25.3 Å². The van der Waals surface area contributed by atoms with Crippen molar-refractivity contribution in [2.45, 2.75) is 39.8 Å². The van der Waals surface area contributed by atoms with Crippen LogP contribution >= 0.6 is 0 Å². The van der Waals surface area contributed by atoms with Crippen LogP contribution in [0.3, 0.4) is 0 Å². The maximum atomic E-state index is 5.92. The summed E-state index contributed by atoms with van der Waals surface area (Å²) in [7, 11) is 6.09. The molecule has 0 spiro atoms. The van der Waals surface area contributed by atoms with Crippen molar-refractivity contribution >= 4 is 5.96 Å². The molecule has 0 saturated heterocycles. The number of likely N-dealkylation sites (N-methyl/N-ethyl adjacent to an activating group) is 1. The second-order valence-corrected chi connectivity index (χ2v) is 7.46. The number of hydrogen-bond donors (Lipinski definition) is 2. The third-order valence-corrected chi connectivity index (χ3v) is 4.63. The zero-order chi connectivity index (χ0) is 21.2. The molecule has 0 fully saturated rings. The van der Waals surface area contributed by atoms with Gasteiger partial charge in [0.25, 0.3) is 0 Å². The van der Waals surface area contributed by atoms with Gasteiger partial charge in [-0.25, -0.2) is 4.99 Å². The summed E-state index contributed by atoms with van der Waals surface area (Å²) in [4.78, 5) is 6.97. The zero-order valence-corrected chi connectivity index (χ0v) is 18.7. The largest absolute Gasteiger partial charge is 0.493 e. The van der Waals surface area contributed by atoms with Gasteiger partial charge in [0.1, 0.15) is 5.75 Å². The van der Waals surface area contributed by atoms with E-state index in [1.807, 2.05) is 17.9 Å². The van der Waals surface area contributed by atoms with Crippen LogP contribution in [0.5, 0.6) is 5.75 Å². The SMILES string of the molecule is CCCOc1cc(C)ccc1CN=C(NCC)NCC(c1cnn(C)c1)N(C)C. The van der Waals surface area contributed by atoms with E-state index in [4.69, 9.17) is 9.73 Å². The molecule has 1 atom stereocenters. The second-order valence-electron chi connectivity index (χ2n) is 7.46. The summed E-state index contributed by atoms with van der Waals surface area (Å²) in [6, 6.07) is 6.50. The van der Waals surface area contributed by atoms with E-state index >= 15 is 0 Å². The molecule has 7 heteroatoms. The van der Waals surface area contributed by atoms with Gasteiger partial charge in [-0.2, -0.15) is 5.10 Å². The topological polar surface area (TPSA) is 66.7 Å². The zero-order valence-electron chi connectivity index (χ0n) is 18.7. The Hall–Kier alpha value is -2.54. The molecule has 0 bridgehead atoms. The summed E-state index contributed by atoms with van der Waals surface area (Å²) < 4.78 is 7.76. The van der Waals surface area contributed by atoms with Crippen molar-refractivity contribution in [3.63, 3.8) is 0 Å². The minimum atomic E-state index is 0.204. The average Bonchev–Trinajstić information content (AvgIpc) is 3.11. The number of ether oxygens (including phenoxy) is 1. The number of hydrogen-bond acceptors (Lipinski definition) is 4. The van der Waals surface area contributed by atoms with Crippen LogP contribution in [0, 0.1) is 6.92 Å². The molecular formula is C22H36N6O. The van der Waals surface area contributed by atoms with Crippen LogP contribution in [0.25, 0.3) is 0 Å². The Labute approximate surface area is 175 Å². The van der Waals surface area contributed by atoms with Gasteiger partial charge in [-0.1, -0.05) is 19.1 Å². The quantitative estimate of drug-likeness (QED) is 0.474. The van der Waals surface area contributed by atoms with E-state index in [1.165, 1.54) is 11.1 Å². The highest BCUT2D eigenvalue weighted by molar-refractivity contribution is 5.79. The number of nitrogens with one attached hydrogen (secondary N) is 2. The van der Waals surface area contributed by atoms with E-state index in [0.29, 0.717) is 13.2 Å². The van der Waals surface area contributed by atoms with E-state index in [-0.39, 0.29) is 6.04 Å². The Balaban J connectivity index is 2.09. The van der Waals surface area contributed by atoms with Crippen molar-refractivity contribution in [3.05, 3.63) is 47.3 Å². The summed E-state index contributed by atoms with van der Waals surface area (Å²) in [6.07, 6.45) is 4.96. The number of aliphatic imine (C=N–C) groups is 1. The Bertz CT molecular complexity index is 783. The third-order valence-electron chi connectivity index (χ3n) is 4.63. The monoisotopic (exact) mass is 400 g/mol. The van der Waals surface area contributed by atoms with Crippen LogP contribution < -0.4 is 15.4 Å². The third kappa shape index (κ3) is 7.09. The van der Waals surface area contributed by atoms with E-state index in [9.17, 15) is 0 Å². The first kappa shape index (κ1) is 22.7. The normalized spacial score (nSPS) is 12.9. The summed E-state index contributed by atoms with van der Waals surface area (Å²) in [5, 5.41) is 11.1. The minimum Gasteiger partial charge on any atom is -0.493 e. The number of benzene rings is 1. The standard InChI is InChI=1S/C22H36N6O/c1-7-11-29-21-12-17(3)9-10-18(21)13-24-22(23-8-2)25-15-20(27(4)5)19-14-26-28(6)16-19/h9-10,12,14,16,20H,7-8,11,13,15H2,1-6H3,(H2,23,24,25). The maximum Gasteiger partial charge on any atom is 0.191 e. The first-order chi connectivity index (χ1) is 13.9. The maximum absolute atomic E-state index is 5.92. The van der Waals surface area contributed by atoms with Gasteiger partial charge in [0, 0.05) is 37.5 Å². The number of aromatic nitrogens is 2. The van der Waals surface area contributed by atoms with Gasteiger partial charge in [-0.3, -0.25) is 4.68 Å².